The summed E-state index contributed by atoms with van der Waals surface area (Å²) in [5.74, 6) is -0.0654. The first-order chi connectivity index (χ1) is 21.3. The van der Waals surface area contributed by atoms with Crippen LogP contribution in [0.1, 0.15) is 25.0 Å². The van der Waals surface area contributed by atoms with Crippen molar-refractivity contribution in [3.8, 4) is 11.5 Å². The van der Waals surface area contributed by atoms with Crippen LogP contribution in [0.3, 0.4) is 0 Å². The number of anilines is 3. The number of aliphatic hydroxyl groups is 1. The van der Waals surface area contributed by atoms with Crippen LogP contribution in [-0.4, -0.2) is 81.0 Å². The Morgan fingerprint density at radius 3 is 2.84 bits per heavy atom. The number of primary amides is 1. The van der Waals surface area contributed by atoms with Crippen LogP contribution in [-0.2, 0) is 22.6 Å². The maximum absolute atomic E-state index is 13.5. The van der Waals surface area contributed by atoms with Gasteiger partial charge in [-0.25, -0.2) is 14.4 Å². The highest BCUT2D eigenvalue weighted by Gasteiger charge is 2.23. The van der Waals surface area contributed by atoms with Gasteiger partial charge >= 0.3 is 0 Å². The number of amides is 2. The van der Waals surface area contributed by atoms with E-state index in [4.69, 9.17) is 15.2 Å². The van der Waals surface area contributed by atoms with Crippen LogP contribution in [0.25, 0.3) is 10.9 Å². The van der Waals surface area contributed by atoms with Gasteiger partial charge in [-0.3, -0.25) is 19.2 Å². The van der Waals surface area contributed by atoms with Crippen molar-refractivity contribution in [2.24, 2.45) is 5.73 Å². The zero-order valence-electron chi connectivity index (χ0n) is 24.3. The first-order valence-electron chi connectivity index (χ1n) is 14.3. The summed E-state index contributed by atoms with van der Waals surface area (Å²) < 4.78 is 26.5. The molecule has 1 aliphatic rings. The summed E-state index contributed by atoms with van der Waals surface area (Å²) in [6.07, 6.45) is 5.69. The molecule has 0 saturated carbocycles. The third kappa shape index (κ3) is 7.57. The molecule has 5 rings (SSSR count). The molecular weight excluding hydrogens is 571 g/mol. The molecular formula is C30H35FN8O5. The van der Waals surface area contributed by atoms with E-state index in [-0.39, 0.29) is 25.6 Å². The third-order valence-electron chi connectivity index (χ3n) is 7.32. The molecule has 1 atom stereocenters. The minimum Gasteiger partial charge on any atom is -0.493 e. The van der Waals surface area contributed by atoms with Crippen LogP contribution in [0.4, 0.5) is 21.6 Å². The summed E-state index contributed by atoms with van der Waals surface area (Å²) in [7, 11) is 1.55. The van der Waals surface area contributed by atoms with E-state index < -0.39 is 17.6 Å². The van der Waals surface area contributed by atoms with Crippen molar-refractivity contribution in [1.29, 1.82) is 0 Å². The summed E-state index contributed by atoms with van der Waals surface area (Å²) >= 11 is 0. The van der Waals surface area contributed by atoms with Crippen LogP contribution < -0.4 is 25.8 Å². The van der Waals surface area contributed by atoms with E-state index in [0.29, 0.717) is 51.9 Å². The highest BCUT2D eigenvalue weighted by atomic mass is 19.1. The van der Waals surface area contributed by atoms with Gasteiger partial charge in [0.25, 0.3) is 0 Å². The normalized spacial score (nSPS) is 14.9. The molecule has 0 aliphatic carbocycles. The second-order valence-corrected chi connectivity index (χ2v) is 10.5. The number of hydrogen-bond acceptors (Lipinski definition) is 10. The zero-order chi connectivity index (χ0) is 31.1. The number of aromatic nitrogens is 4. The number of aliphatic hydroxyl groups excluding tert-OH is 1. The topological polar surface area (TPSA) is 170 Å². The Kier molecular flexibility index (Phi) is 9.82. The number of halogens is 1. The van der Waals surface area contributed by atoms with Gasteiger partial charge in [-0.1, -0.05) is 6.07 Å². The van der Waals surface area contributed by atoms with E-state index in [1.54, 1.807) is 31.5 Å². The lowest BCUT2D eigenvalue weighted by Gasteiger charge is -2.22. The van der Waals surface area contributed by atoms with Crippen molar-refractivity contribution in [3.05, 3.63) is 60.4 Å². The Balaban J connectivity index is 1.31. The SMILES string of the molecule is COc1cc2c(Nc3cn(CC(=O)Nc4cccc(F)c4)nc3CC(N)=O)ncnc2cc1OCCCN1CCC[C@H]1CO. The summed E-state index contributed by atoms with van der Waals surface area (Å²) in [6, 6.07) is 9.31. The number of likely N-dealkylation sites (tertiary alicyclic amines) is 1. The van der Waals surface area contributed by atoms with E-state index >= 15 is 0 Å². The number of nitrogens with one attached hydrogen (secondary N) is 2. The van der Waals surface area contributed by atoms with Gasteiger partial charge in [0.15, 0.2) is 11.5 Å². The molecule has 14 heteroatoms. The quantitative estimate of drug-likeness (QED) is 0.157. The Morgan fingerprint density at radius 1 is 1.20 bits per heavy atom. The largest absolute Gasteiger partial charge is 0.493 e. The minimum absolute atomic E-state index is 0.173. The fourth-order valence-electron chi connectivity index (χ4n) is 5.27. The maximum atomic E-state index is 13.5. The van der Waals surface area contributed by atoms with Crippen LogP contribution in [0.15, 0.2) is 48.9 Å². The van der Waals surface area contributed by atoms with Crippen LogP contribution in [0, 0.1) is 5.82 Å². The molecule has 2 aromatic heterocycles. The first kappa shape index (κ1) is 30.6. The lowest BCUT2D eigenvalue weighted by Crippen LogP contribution is -2.33. The van der Waals surface area contributed by atoms with Crippen molar-refractivity contribution in [2.45, 2.75) is 38.3 Å². The van der Waals surface area contributed by atoms with Gasteiger partial charge in [-0.2, -0.15) is 5.10 Å². The Morgan fingerprint density at radius 2 is 2.07 bits per heavy atom. The fraction of sp³-hybridized carbons (Fsp3) is 0.367. The summed E-state index contributed by atoms with van der Waals surface area (Å²) in [5, 5.41) is 20.3. The maximum Gasteiger partial charge on any atom is 0.246 e. The molecule has 1 saturated heterocycles. The number of carbonyl (C=O) groups is 2. The molecule has 3 heterocycles. The van der Waals surface area contributed by atoms with Crippen molar-refractivity contribution < 1.29 is 28.6 Å². The molecule has 232 valence electrons. The zero-order valence-corrected chi connectivity index (χ0v) is 24.3. The van der Waals surface area contributed by atoms with Gasteiger partial charge in [-0.05, 0) is 50.1 Å². The molecule has 1 fully saturated rings. The van der Waals surface area contributed by atoms with Crippen LogP contribution in [0.2, 0.25) is 0 Å². The summed E-state index contributed by atoms with van der Waals surface area (Å²) in [6.45, 7) is 2.27. The molecule has 2 amide bonds. The molecule has 4 aromatic rings. The smallest absolute Gasteiger partial charge is 0.246 e. The molecule has 0 unspecified atom stereocenters. The molecule has 44 heavy (non-hydrogen) atoms. The number of benzene rings is 2. The van der Waals surface area contributed by atoms with Gasteiger partial charge in [0.2, 0.25) is 11.8 Å². The minimum atomic E-state index is -0.602. The second kappa shape index (κ2) is 14.1. The highest BCUT2D eigenvalue weighted by Crippen LogP contribution is 2.35. The van der Waals surface area contributed by atoms with Crippen LogP contribution >= 0.6 is 0 Å². The predicted molar refractivity (Wildman–Crippen MR) is 161 cm³/mol. The van der Waals surface area contributed by atoms with E-state index in [9.17, 15) is 19.1 Å². The van der Waals surface area contributed by atoms with Crippen molar-refractivity contribution in [2.75, 3.05) is 44.0 Å². The fourth-order valence-corrected chi connectivity index (χ4v) is 5.27. The summed E-state index contributed by atoms with van der Waals surface area (Å²) in [5.41, 5.74) is 7.10. The molecule has 13 nitrogen and oxygen atoms in total. The number of nitrogens with zero attached hydrogens (tertiary/aromatic N) is 5. The second-order valence-electron chi connectivity index (χ2n) is 10.5. The lowest BCUT2D eigenvalue weighted by atomic mass is 10.2. The average molecular weight is 607 g/mol. The van der Waals surface area contributed by atoms with Crippen LogP contribution in [0.5, 0.6) is 11.5 Å². The summed E-state index contributed by atoms with van der Waals surface area (Å²) in [4.78, 5) is 35.5. The van der Waals surface area contributed by atoms with E-state index in [1.165, 1.54) is 29.2 Å². The Hall–Kier alpha value is -4.82. The molecule has 2 aromatic carbocycles. The first-order valence-corrected chi connectivity index (χ1v) is 14.3. The Bertz CT molecular complexity index is 1630. The Labute approximate surface area is 253 Å². The average Bonchev–Trinajstić information content (AvgIpc) is 3.60. The number of carbonyl (C=O) groups excluding carboxylic acids is 2. The number of methoxy groups -OCH3 is 1. The van der Waals surface area contributed by atoms with Crippen molar-refractivity contribution in [3.63, 3.8) is 0 Å². The van der Waals surface area contributed by atoms with Crippen molar-refractivity contribution >= 4 is 39.9 Å². The third-order valence-corrected chi connectivity index (χ3v) is 7.32. The lowest BCUT2D eigenvalue weighted by molar-refractivity contribution is -0.117. The molecule has 0 radical (unpaired) electrons. The standard InChI is InChI=1S/C30H35FN8O5/c1-43-26-12-22-23(13-27(26)44-10-4-9-38-8-3-7-21(38)17-40)33-18-34-30(22)36-25-15-39(37-24(25)14-28(32)41)16-29(42)35-20-6-2-5-19(31)11-20/h2,5-6,11-13,15,18,21,40H,3-4,7-10,14,16-17H2,1H3,(H2,32,41)(H,35,42)(H,33,34,36)/t21-/m0/s1. The monoisotopic (exact) mass is 606 g/mol. The molecule has 1 aliphatic heterocycles. The van der Waals surface area contributed by atoms with Gasteiger partial charge in [0.05, 0.1) is 43.6 Å². The van der Waals surface area contributed by atoms with Gasteiger partial charge < -0.3 is 30.9 Å². The van der Waals surface area contributed by atoms with E-state index in [1.807, 2.05) is 0 Å². The number of hydrogen-bond donors (Lipinski definition) is 4. The molecule has 0 bridgehead atoms. The van der Waals surface area contributed by atoms with Gasteiger partial charge in [0, 0.05) is 35.9 Å². The molecule has 0 spiro atoms. The number of fused-ring (bicyclic) bond motifs is 1. The number of ether oxygens (including phenoxy) is 2. The number of nitrogens with two attached hydrogens (primary N) is 1. The van der Waals surface area contributed by atoms with Crippen molar-refractivity contribution in [1.82, 2.24) is 24.6 Å². The molecule has 5 N–H and O–H groups in total. The predicted octanol–water partition coefficient (Wildman–Crippen LogP) is 2.61. The van der Waals surface area contributed by atoms with Gasteiger partial charge in [-0.15, -0.1) is 0 Å². The van der Waals surface area contributed by atoms with Gasteiger partial charge in [0.1, 0.15) is 24.5 Å². The van der Waals surface area contributed by atoms with E-state index in [0.717, 1.165) is 32.4 Å². The highest BCUT2D eigenvalue weighted by molar-refractivity contribution is 5.94. The van der Waals surface area contributed by atoms with E-state index in [2.05, 4.69) is 30.6 Å². The number of rotatable bonds is 14.